The number of hydrogen-bond donors (Lipinski definition) is 0. The third-order valence-corrected chi connectivity index (χ3v) is 10.9. The molecule has 1 heterocycles. The molecule has 2 heteroatoms. The van der Waals surface area contributed by atoms with Crippen molar-refractivity contribution in [3.8, 4) is 33.4 Å². The summed E-state index contributed by atoms with van der Waals surface area (Å²) in [6.07, 6.45) is 0. The highest BCUT2D eigenvalue weighted by atomic mass is 16.3. The molecule has 0 unspecified atom stereocenters. The Hall–Kier alpha value is -6.38. The summed E-state index contributed by atoms with van der Waals surface area (Å²) in [5.74, 6) is 0. The van der Waals surface area contributed by atoms with Gasteiger partial charge in [-0.25, -0.2) is 0 Å². The molecule has 10 rings (SSSR count). The van der Waals surface area contributed by atoms with Crippen LogP contribution in [0.4, 0.5) is 17.1 Å². The predicted molar refractivity (Wildman–Crippen MR) is 214 cm³/mol. The van der Waals surface area contributed by atoms with Gasteiger partial charge < -0.3 is 9.32 Å². The Kier molecular flexibility index (Phi) is 6.56. The Bertz CT molecular complexity index is 2750. The Morgan fingerprint density at radius 1 is 0.451 bits per heavy atom. The number of anilines is 3. The van der Waals surface area contributed by atoms with Crippen LogP contribution in [-0.2, 0) is 5.41 Å². The summed E-state index contributed by atoms with van der Waals surface area (Å²) in [4.78, 5) is 2.43. The van der Waals surface area contributed by atoms with E-state index < -0.39 is 0 Å². The van der Waals surface area contributed by atoms with E-state index >= 15 is 0 Å². The van der Waals surface area contributed by atoms with E-state index in [-0.39, 0.29) is 5.41 Å². The molecule has 242 valence electrons. The zero-order valence-electron chi connectivity index (χ0n) is 28.6. The smallest absolute Gasteiger partial charge is 0.136 e. The normalized spacial score (nSPS) is 13.1. The molecular formula is C49H35NO. The fourth-order valence-electron chi connectivity index (χ4n) is 8.32. The lowest BCUT2D eigenvalue weighted by atomic mass is 9.82. The van der Waals surface area contributed by atoms with Crippen molar-refractivity contribution < 1.29 is 4.42 Å². The standard InChI is InChI=1S/C49H35NO/c1-49(2)42-15-8-6-13-40(42)48-43(49)16-10-17-44(48)50(37-25-19-33(20-26-37)32-11-4-3-5-12-32)38-27-21-34(22-28-38)35-23-29-39-36(31-35)24-30-46-47(39)41-14-7-9-18-45(41)51-46/h3-31H,1-2H3. The topological polar surface area (TPSA) is 16.4 Å². The molecule has 0 saturated heterocycles. The van der Waals surface area contributed by atoms with Crippen molar-refractivity contribution in [2.75, 3.05) is 4.90 Å². The van der Waals surface area contributed by atoms with Crippen LogP contribution in [0.3, 0.4) is 0 Å². The van der Waals surface area contributed by atoms with Crippen LogP contribution in [0.15, 0.2) is 180 Å². The number of fused-ring (bicyclic) bond motifs is 8. The average molecular weight is 654 g/mol. The van der Waals surface area contributed by atoms with Gasteiger partial charge in [0.05, 0.1) is 5.69 Å². The minimum atomic E-state index is -0.0843. The minimum Gasteiger partial charge on any atom is -0.456 e. The van der Waals surface area contributed by atoms with Crippen LogP contribution in [-0.4, -0.2) is 0 Å². The van der Waals surface area contributed by atoms with Crippen molar-refractivity contribution >= 4 is 49.8 Å². The number of furan rings is 1. The first kappa shape index (κ1) is 29.5. The third-order valence-electron chi connectivity index (χ3n) is 10.9. The molecule has 0 atom stereocenters. The molecule has 0 spiro atoms. The van der Waals surface area contributed by atoms with E-state index in [4.69, 9.17) is 4.42 Å². The van der Waals surface area contributed by atoms with Gasteiger partial charge in [0, 0.05) is 33.1 Å². The Balaban J connectivity index is 1.09. The van der Waals surface area contributed by atoms with Gasteiger partial charge in [-0.3, -0.25) is 0 Å². The lowest BCUT2D eigenvalue weighted by Gasteiger charge is -2.29. The number of hydrogen-bond acceptors (Lipinski definition) is 2. The number of para-hydroxylation sites is 1. The van der Waals surface area contributed by atoms with Crippen LogP contribution in [0.1, 0.15) is 25.0 Å². The molecule has 0 bridgehead atoms. The van der Waals surface area contributed by atoms with E-state index in [0.29, 0.717) is 0 Å². The van der Waals surface area contributed by atoms with Gasteiger partial charge in [-0.05, 0) is 98.2 Å². The molecule has 1 aliphatic carbocycles. The second-order valence-electron chi connectivity index (χ2n) is 14.1. The van der Waals surface area contributed by atoms with Gasteiger partial charge in [-0.15, -0.1) is 0 Å². The van der Waals surface area contributed by atoms with Crippen molar-refractivity contribution in [3.63, 3.8) is 0 Å². The molecule has 8 aromatic carbocycles. The monoisotopic (exact) mass is 653 g/mol. The van der Waals surface area contributed by atoms with E-state index in [9.17, 15) is 0 Å². The van der Waals surface area contributed by atoms with Crippen LogP contribution in [0.5, 0.6) is 0 Å². The lowest BCUT2D eigenvalue weighted by Crippen LogP contribution is -2.16. The van der Waals surface area contributed by atoms with Gasteiger partial charge in [0.1, 0.15) is 11.2 Å². The molecule has 0 amide bonds. The number of nitrogens with zero attached hydrogens (tertiary/aromatic N) is 1. The maximum atomic E-state index is 6.17. The summed E-state index contributed by atoms with van der Waals surface area (Å²) < 4.78 is 6.17. The zero-order valence-corrected chi connectivity index (χ0v) is 28.6. The van der Waals surface area contributed by atoms with Crippen LogP contribution in [0.25, 0.3) is 66.1 Å². The summed E-state index contributed by atoms with van der Waals surface area (Å²) in [6.45, 7) is 4.69. The molecular weight excluding hydrogens is 619 g/mol. The van der Waals surface area contributed by atoms with E-state index in [1.54, 1.807) is 0 Å². The average Bonchev–Trinajstić information content (AvgIpc) is 3.68. The molecule has 0 N–H and O–H groups in total. The van der Waals surface area contributed by atoms with Crippen molar-refractivity contribution in [2.45, 2.75) is 19.3 Å². The van der Waals surface area contributed by atoms with Gasteiger partial charge in [0.15, 0.2) is 0 Å². The van der Waals surface area contributed by atoms with E-state index in [1.165, 1.54) is 66.4 Å². The summed E-state index contributed by atoms with van der Waals surface area (Å²) in [7, 11) is 0. The highest BCUT2D eigenvalue weighted by Gasteiger charge is 2.37. The largest absolute Gasteiger partial charge is 0.456 e. The highest BCUT2D eigenvalue weighted by Crippen LogP contribution is 2.54. The SMILES string of the molecule is CC1(C)c2ccccc2-c2c(N(c3ccc(-c4ccccc4)cc3)c3ccc(-c4ccc5c(ccc6oc7ccccc7c65)c4)cc3)cccc21. The fourth-order valence-corrected chi connectivity index (χ4v) is 8.32. The Morgan fingerprint density at radius 3 is 1.86 bits per heavy atom. The number of benzene rings is 8. The van der Waals surface area contributed by atoms with Gasteiger partial charge in [-0.1, -0.05) is 141 Å². The van der Waals surface area contributed by atoms with E-state index in [2.05, 4.69) is 183 Å². The van der Waals surface area contributed by atoms with Crippen molar-refractivity contribution in [3.05, 3.63) is 187 Å². The second-order valence-corrected chi connectivity index (χ2v) is 14.1. The fraction of sp³-hybridized carbons (Fsp3) is 0.0612. The quantitative estimate of drug-likeness (QED) is 0.184. The molecule has 0 saturated carbocycles. The van der Waals surface area contributed by atoms with Crippen molar-refractivity contribution in [1.82, 2.24) is 0 Å². The lowest BCUT2D eigenvalue weighted by molar-refractivity contribution is 0.660. The maximum absolute atomic E-state index is 6.17. The van der Waals surface area contributed by atoms with Crippen LogP contribution in [0.2, 0.25) is 0 Å². The molecule has 0 radical (unpaired) electrons. The van der Waals surface area contributed by atoms with Gasteiger partial charge >= 0.3 is 0 Å². The van der Waals surface area contributed by atoms with E-state index in [1.807, 2.05) is 12.1 Å². The first-order valence-corrected chi connectivity index (χ1v) is 17.7. The Labute approximate surface area is 297 Å². The maximum Gasteiger partial charge on any atom is 0.136 e. The van der Waals surface area contributed by atoms with Crippen LogP contribution >= 0.6 is 0 Å². The van der Waals surface area contributed by atoms with Crippen LogP contribution in [0, 0.1) is 0 Å². The molecule has 2 nitrogen and oxygen atoms in total. The molecule has 1 aliphatic rings. The Morgan fingerprint density at radius 2 is 1.08 bits per heavy atom. The first-order chi connectivity index (χ1) is 25.0. The molecule has 1 aromatic heterocycles. The molecule has 0 aliphatic heterocycles. The van der Waals surface area contributed by atoms with Gasteiger partial charge in [0.2, 0.25) is 0 Å². The summed E-state index contributed by atoms with van der Waals surface area (Å²) >= 11 is 0. The second kappa shape index (κ2) is 11.3. The first-order valence-electron chi connectivity index (χ1n) is 17.7. The summed E-state index contributed by atoms with van der Waals surface area (Å²) in [5.41, 5.74) is 15.3. The highest BCUT2D eigenvalue weighted by molar-refractivity contribution is 6.19. The number of rotatable bonds is 5. The van der Waals surface area contributed by atoms with Crippen LogP contribution < -0.4 is 4.90 Å². The summed E-state index contributed by atoms with van der Waals surface area (Å²) in [5, 5.41) is 4.76. The van der Waals surface area contributed by atoms with Gasteiger partial charge in [-0.2, -0.15) is 0 Å². The molecule has 0 fully saturated rings. The predicted octanol–water partition coefficient (Wildman–Crippen LogP) is 13.8. The van der Waals surface area contributed by atoms with Crippen molar-refractivity contribution in [2.24, 2.45) is 0 Å². The third kappa shape index (κ3) is 4.64. The summed E-state index contributed by atoms with van der Waals surface area (Å²) in [6, 6.07) is 63.7. The zero-order chi connectivity index (χ0) is 34.1. The minimum absolute atomic E-state index is 0.0843. The molecule has 9 aromatic rings. The van der Waals surface area contributed by atoms with Gasteiger partial charge in [0.25, 0.3) is 0 Å². The van der Waals surface area contributed by atoms with Crippen molar-refractivity contribution in [1.29, 1.82) is 0 Å². The van der Waals surface area contributed by atoms with E-state index in [0.717, 1.165) is 27.9 Å². The molecule has 51 heavy (non-hydrogen) atoms.